The Kier molecular flexibility index (Phi) is 4.40. The van der Waals surface area contributed by atoms with Crippen LogP contribution in [0.5, 0.6) is 0 Å². The summed E-state index contributed by atoms with van der Waals surface area (Å²) in [5.41, 5.74) is 0. The molecule has 2 rings (SSSR count). The van der Waals surface area contributed by atoms with Crippen molar-refractivity contribution >= 4 is 5.91 Å². The lowest BCUT2D eigenvalue weighted by Crippen LogP contribution is -2.51. The molecule has 0 aromatic heterocycles. The standard InChI is InChI=1S/C13H25N3O/c1-3-8-16(12-6-7-14-9-12)10(2)13(17)15-11-4-5-11/h10-12,14H,3-9H2,1-2H3,(H,15,17). The first kappa shape index (κ1) is 12.8. The number of hydrogen-bond donors (Lipinski definition) is 2. The summed E-state index contributed by atoms with van der Waals surface area (Å²) in [5, 5.41) is 6.50. The lowest BCUT2D eigenvalue weighted by atomic mass is 10.1. The van der Waals surface area contributed by atoms with Crippen LogP contribution in [0.1, 0.15) is 39.5 Å². The van der Waals surface area contributed by atoms with Crippen LogP contribution in [0.4, 0.5) is 0 Å². The number of nitrogens with one attached hydrogen (secondary N) is 2. The van der Waals surface area contributed by atoms with Gasteiger partial charge in [-0.15, -0.1) is 0 Å². The van der Waals surface area contributed by atoms with E-state index in [2.05, 4.69) is 22.5 Å². The van der Waals surface area contributed by atoms with Gasteiger partial charge in [0, 0.05) is 18.6 Å². The molecule has 2 atom stereocenters. The van der Waals surface area contributed by atoms with Crippen molar-refractivity contribution in [2.75, 3.05) is 19.6 Å². The van der Waals surface area contributed by atoms with Crippen LogP contribution in [0.25, 0.3) is 0 Å². The predicted octanol–water partition coefficient (Wildman–Crippen LogP) is 0.727. The molecule has 2 unspecified atom stereocenters. The Labute approximate surface area is 104 Å². The fourth-order valence-corrected chi connectivity index (χ4v) is 2.57. The van der Waals surface area contributed by atoms with Gasteiger partial charge in [-0.3, -0.25) is 9.69 Å². The maximum Gasteiger partial charge on any atom is 0.237 e. The molecule has 1 saturated heterocycles. The van der Waals surface area contributed by atoms with E-state index >= 15 is 0 Å². The van der Waals surface area contributed by atoms with Gasteiger partial charge in [0.05, 0.1) is 6.04 Å². The van der Waals surface area contributed by atoms with Crippen molar-refractivity contribution in [1.82, 2.24) is 15.5 Å². The predicted molar refractivity (Wildman–Crippen MR) is 68.9 cm³/mol. The number of carbonyl (C=O) groups is 1. The highest BCUT2D eigenvalue weighted by molar-refractivity contribution is 5.81. The van der Waals surface area contributed by atoms with E-state index in [1.54, 1.807) is 0 Å². The van der Waals surface area contributed by atoms with Crippen molar-refractivity contribution in [2.24, 2.45) is 0 Å². The van der Waals surface area contributed by atoms with Crippen LogP contribution < -0.4 is 10.6 Å². The third kappa shape index (κ3) is 3.42. The molecule has 0 spiro atoms. The van der Waals surface area contributed by atoms with Crippen LogP contribution in [0.15, 0.2) is 0 Å². The zero-order chi connectivity index (χ0) is 12.3. The van der Waals surface area contributed by atoms with Crippen LogP contribution in [0, 0.1) is 0 Å². The molecule has 1 amide bonds. The number of rotatable bonds is 6. The third-order valence-corrected chi connectivity index (χ3v) is 3.79. The Morgan fingerprint density at radius 1 is 1.47 bits per heavy atom. The zero-order valence-electron chi connectivity index (χ0n) is 11.0. The van der Waals surface area contributed by atoms with Crippen molar-refractivity contribution in [3.8, 4) is 0 Å². The highest BCUT2D eigenvalue weighted by atomic mass is 16.2. The van der Waals surface area contributed by atoms with Gasteiger partial charge in [0.2, 0.25) is 5.91 Å². The quantitative estimate of drug-likeness (QED) is 0.718. The lowest BCUT2D eigenvalue weighted by molar-refractivity contribution is -0.126. The van der Waals surface area contributed by atoms with E-state index in [4.69, 9.17) is 0 Å². The summed E-state index contributed by atoms with van der Waals surface area (Å²) in [6, 6.07) is 1.02. The molecular weight excluding hydrogens is 214 g/mol. The summed E-state index contributed by atoms with van der Waals surface area (Å²) in [4.78, 5) is 14.5. The third-order valence-electron chi connectivity index (χ3n) is 3.79. The van der Waals surface area contributed by atoms with Crippen LogP contribution in [-0.4, -0.2) is 48.6 Å². The molecule has 98 valence electrons. The second-order valence-corrected chi connectivity index (χ2v) is 5.34. The Hall–Kier alpha value is -0.610. The topological polar surface area (TPSA) is 44.4 Å². The fraction of sp³-hybridized carbons (Fsp3) is 0.923. The first-order chi connectivity index (χ1) is 8.22. The summed E-state index contributed by atoms with van der Waals surface area (Å²) in [7, 11) is 0. The summed E-state index contributed by atoms with van der Waals surface area (Å²) in [6.45, 7) is 7.36. The average Bonchev–Trinajstić information content (AvgIpc) is 2.97. The van der Waals surface area contributed by atoms with E-state index in [0.717, 1.165) is 38.9 Å². The second kappa shape index (κ2) is 5.83. The molecule has 1 aliphatic carbocycles. The highest BCUT2D eigenvalue weighted by Crippen LogP contribution is 2.20. The highest BCUT2D eigenvalue weighted by Gasteiger charge is 2.32. The van der Waals surface area contributed by atoms with E-state index in [-0.39, 0.29) is 11.9 Å². The maximum absolute atomic E-state index is 12.1. The van der Waals surface area contributed by atoms with Gasteiger partial charge in [0.1, 0.15) is 0 Å². The minimum atomic E-state index is 0.0143. The molecule has 1 aliphatic heterocycles. The van der Waals surface area contributed by atoms with Gasteiger partial charge >= 0.3 is 0 Å². The Balaban J connectivity index is 1.90. The molecule has 1 heterocycles. The summed E-state index contributed by atoms with van der Waals surface area (Å²) in [5.74, 6) is 0.216. The van der Waals surface area contributed by atoms with Gasteiger partial charge in [-0.25, -0.2) is 0 Å². The summed E-state index contributed by atoms with van der Waals surface area (Å²) >= 11 is 0. The lowest BCUT2D eigenvalue weighted by Gasteiger charge is -2.33. The zero-order valence-corrected chi connectivity index (χ0v) is 11.0. The second-order valence-electron chi connectivity index (χ2n) is 5.34. The average molecular weight is 239 g/mol. The van der Waals surface area contributed by atoms with Crippen LogP contribution in [0.3, 0.4) is 0 Å². The molecule has 0 aromatic rings. The van der Waals surface area contributed by atoms with Gasteiger partial charge in [-0.1, -0.05) is 6.92 Å². The smallest absolute Gasteiger partial charge is 0.237 e. The van der Waals surface area contributed by atoms with Crippen LogP contribution in [0.2, 0.25) is 0 Å². The van der Waals surface area contributed by atoms with Crippen molar-refractivity contribution in [2.45, 2.75) is 57.7 Å². The van der Waals surface area contributed by atoms with E-state index in [0.29, 0.717) is 12.1 Å². The maximum atomic E-state index is 12.1. The SMILES string of the molecule is CCCN(C1CCNC1)C(C)C(=O)NC1CC1. The molecule has 4 heteroatoms. The van der Waals surface area contributed by atoms with Crippen molar-refractivity contribution < 1.29 is 4.79 Å². The molecule has 4 nitrogen and oxygen atoms in total. The van der Waals surface area contributed by atoms with E-state index in [1.807, 2.05) is 6.92 Å². The minimum Gasteiger partial charge on any atom is -0.352 e. The summed E-state index contributed by atoms with van der Waals surface area (Å²) in [6.07, 6.45) is 4.60. The Bertz CT molecular complexity index is 259. The first-order valence-electron chi connectivity index (χ1n) is 6.99. The molecule has 2 aliphatic rings. The van der Waals surface area contributed by atoms with Crippen molar-refractivity contribution in [1.29, 1.82) is 0 Å². The van der Waals surface area contributed by atoms with Crippen LogP contribution in [-0.2, 0) is 4.79 Å². The van der Waals surface area contributed by atoms with Crippen molar-refractivity contribution in [3.05, 3.63) is 0 Å². The molecule has 0 radical (unpaired) electrons. The van der Waals surface area contributed by atoms with Crippen LogP contribution >= 0.6 is 0 Å². The largest absolute Gasteiger partial charge is 0.352 e. The van der Waals surface area contributed by atoms with E-state index in [9.17, 15) is 4.79 Å². The molecule has 0 bridgehead atoms. The molecular formula is C13H25N3O. The number of nitrogens with zero attached hydrogens (tertiary/aromatic N) is 1. The van der Waals surface area contributed by atoms with Gasteiger partial charge in [-0.2, -0.15) is 0 Å². The molecule has 0 aromatic carbocycles. The van der Waals surface area contributed by atoms with E-state index < -0.39 is 0 Å². The fourth-order valence-electron chi connectivity index (χ4n) is 2.57. The van der Waals surface area contributed by atoms with E-state index in [1.165, 1.54) is 6.42 Å². The van der Waals surface area contributed by atoms with Gasteiger partial charge < -0.3 is 10.6 Å². The minimum absolute atomic E-state index is 0.0143. The molecule has 2 fully saturated rings. The number of carbonyl (C=O) groups excluding carboxylic acids is 1. The Morgan fingerprint density at radius 2 is 2.24 bits per heavy atom. The van der Waals surface area contributed by atoms with Gasteiger partial charge in [0.25, 0.3) is 0 Å². The molecule has 1 saturated carbocycles. The first-order valence-corrected chi connectivity index (χ1v) is 6.99. The van der Waals surface area contributed by atoms with Gasteiger partial charge in [0.15, 0.2) is 0 Å². The number of hydrogen-bond acceptors (Lipinski definition) is 3. The monoisotopic (exact) mass is 239 g/mol. The summed E-state index contributed by atoms with van der Waals surface area (Å²) < 4.78 is 0. The number of amides is 1. The van der Waals surface area contributed by atoms with Gasteiger partial charge in [-0.05, 0) is 45.7 Å². The normalized spacial score (nSPS) is 26.2. The van der Waals surface area contributed by atoms with Crippen molar-refractivity contribution in [3.63, 3.8) is 0 Å². The molecule has 17 heavy (non-hydrogen) atoms. The molecule has 2 N–H and O–H groups in total. The Morgan fingerprint density at radius 3 is 2.76 bits per heavy atom.